The van der Waals surface area contributed by atoms with E-state index in [-0.39, 0.29) is 0 Å². The predicted molar refractivity (Wildman–Crippen MR) is 110 cm³/mol. The minimum Gasteiger partial charge on any atom is -0.356 e. The summed E-state index contributed by atoms with van der Waals surface area (Å²) in [5.41, 5.74) is 8.51. The van der Waals surface area contributed by atoms with Crippen LogP contribution in [0, 0.1) is 0 Å². The van der Waals surface area contributed by atoms with E-state index in [1.54, 1.807) is 6.33 Å². The Morgan fingerprint density at radius 3 is 2.52 bits per heavy atom. The van der Waals surface area contributed by atoms with Gasteiger partial charge in [-0.15, -0.1) is 0 Å². The van der Waals surface area contributed by atoms with Gasteiger partial charge in [-0.2, -0.15) is 0 Å². The molecule has 1 saturated heterocycles. The van der Waals surface area contributed by atoms with Crippen molar-refractivity contribution in [1.82, 2.24) is 14.9 Å². The summed E-state index contributed by atoms with van der Waals surface area (Å²) in [6.45, 7) is 6.54. The highest BCUT2D eigenvalue weighted by atomic mass is 15.2. The lowest BCUT2D eigenvalue weighted by Gasteiger charge is -2.39. The lowest BCUT2D eigenvalue weighted by molar-refractivity contribution is 0.169. The number of hydrogen-bond acceptors (Lipinski definition) is 5. The van der Waals surface area contributed by atoms with Gasteiger partial charge in [-0.25, -0.2) is 9.97 Å². The molecule has 2 fully saturated rings. The van der Waals surface area contributed by atoms with Crippen LogP contribution in [0.5, 0.6) is 0 Å². The van der Waals surface area contributed by atoms with Crippen LogP contribution in [-0.2, 0) is 6.54 Å². The van der Waals surface area contributed by atoms with Gasteiger partial charge in [0.2, 0.25) is 0 Å². The van der Waals surface area contributed by atoms with Gasteiger partial charge in [-0.05, 0) is 37.8 Å². The number of anilines is 1. The number of aromatic nitrogens is 2. The van der Waals surface area contributed by atoms with Crippen molar-refractivity contribution in [2.24, 2.45) is 5.73 Å². The fraction of sp³-hybridized carbons (Fsp3) is 0.545. The summed E-state index contributed by atoms with van der Waals surface area (Å²) in [6, 6.07) is 14.0. The molecule has 0 unspecified atom stereocenters. The third-order valence-electron chi connectivity index (χ3n) is 6.21. The molecule has 5 nitrogen and oxygen atoms in total. The predicted octanol–water partition coefficient (Wildman–Crippen LogP) is 3.17. The van der Waals surface area contributed by atoms with Gasteiger partial charge in [0, 0.05) is 49.4 Å². The van der Waals surface area contributed by atoms with Crippen LogP contribution >= 0.6 is 0 Å². The van der Waals surface area contributed by atoms with E-state index >= 15 is 0 Å². The second-order valence-electron chi connectivity index (χ2n) is 8.00. The SMILES string of the molecule is CCN(Cc1ccccc1)C1CCN(c2cc(C3CC(N)C3)ncn2)CC1. The smallest absolute Gasteiger partial charge is 0.132 e. The molecular weight excluding hydrogens is 334 g/mol. The fourth-order valence-corrected chi connectivity index (χ4v) is 4.44. The van der Waals surface area contributed by atoms with Crippen molar-refractivity contribution >= 4 is 5.82 Å². The second-order valence-corrected chi connectivity index (χ2v) is 8.00. The topological polar surface area (TPSA) is 58.3 Å². The molecule has 0 spiro atoms. The summed E-state index contributed by atoms with van der Waals surface area (Å²) < 4.78 is 0. The molecule has 5 heteroatoms. The molecule has 0 atom stereocenters. The lowest BCUT2D eigenvalue weighted by Crippen LogP contribution is -2.45. The maximum Gasteiger partial charge on any atom is 0.132 e. The van der Waals surface area contributed by atoms with Crippen LogP contribution in [0.15, 0.2) is 42.7 Å². The summed E-state index contributed by atoms with van der Waals surface area (Å²) >= 11 is 0. The Morgan fingerprint density at radius 1 is 1.11 bits per heavy atom. The molecule has 1 aliphatic heterocycles. The Balaban J connectivity index is 1.35. The van der Waals surface area contributed by atoms with Crippen LogP contribution < -0.4 is 10.6 Å². The molecule has 2 heterocycles. The van der Waals surface area contributed by atoms with Crippen molar-refractivity contribution < 1.29 is 0 Å². The Labute approximate surface area is 162 Å². The summed E-state index contributed by atoms with van der Waals surface area (Å²) in [4.78, 5) is 14.1. The van der Waals surface area contributed by atoms with E-state index in [9.17, 15) is 0 Å². The van der Waals surface area contributed by atoms with E-state index in [4.69, 9.17) is 5.73 Å². The molecule has 0 amide bonds. The normalized spacial score (nSPS) is 23.4. The molecular formula is C22H31N5. The largest absolute Gasteiger partial charge is 0.356 e. The molecule has 27 heavy (non-hydrogen) atoms. The highest BCUT2D eigenvalue weighted by Crippen LogP contribution is 2.35. The summed E-state index contributed by atoms with van der Waals surface area (Å²) in [5, 5.41) is 0. The maximum absolute atomic E-state index is 5.94. The van der Waals surface area contributed by atoms with Crippen LogP contribution in [0.1, 0.15) is 49.8 Å². The van der Waals surface area contributed by atoms with E-state index < -0.39 is 0 Å². The number of nitrogens with two attached hydrogens (primary N) is 1. The van der Waals surface area contributed by atoms with E-state index in [2.05, 4.69) is 63.1 Å². The van der Waals surface area contributed by atoms with Crippen molar-refractivity contribution in [3.63, 3.8) is 0 Å². The van der Waals surface area contributed by atoms with E-state index in [0.717, 1.165) is 44.8 Å². The lowest BCUT2D eigenvalue weighted by atomic mass is 9.78. The first-order chi connectivity index (χ1) is 13.2. The Kier molecular flexibility index (Phi) is 5.69. The van der Waals surface area contributed by atoms with Crippen molar-refractivity contribution in [3.8, 4) is 0 Å². The molecule has 144 valence electrons. The van der Waals surface area contributed by atoms with Crippen molar-refractivity contribution in [2.75, 3.05) is 24.5 Å². The van der Waals surface area contributed by atoms with Gasteiger partial charge in [-0.1, -0.05) is 37.3 Å². The number of benzene rings is 1. The third kappa shape index (κ3) is 4.30. The molecule has 1 aliphatic carbocycles. The third-order valence-corrected chi connectivity index (χ3v) is 6.21. The van der Waals surface area contributed by atoms with Gasteiger partial charge in [-0.3, -0.25) is 4.90 Å². The zero-order chi connectivity index (χ0) is 18.6. The zero-order valence-corrected chi connectivity index (χ0v) is 16.3. The second kappa shape index (κ2) is 8.36. The van der Waals surface area contributed by atoms with Gasteiger partial charge >= 0.3 is 0 Å². The van der Waals surface area contributed by atoms with Crippen molar-refractivity contribution in [2.45, 2.75) is 57.2 Å². The van der Waals surface area contributed by atoms with Crippen molar-refractivity contribution in [3.05, 3.63) is 54.0 Å². The van der Waals surface area contributed by atoms with Crippen LogP contribution in [0.2, 0.25) is 0 Å². The van der Waals surface area contributed by atoms with Gasteiger partial charge in [0.15, 0.2) is 0 Å². The monoisotopic (exact) mass is 365 g/mol. The zero-order valence-electron chi connectivity index (χ0n) is 16.3. The van der Waals surface area contributed by atoms with Crippen LogP contribution in [0.3, 0.4) is 0 Å². The summed E-state index contributed by atoms with van der Waals surface area (Å²) in [6.07, 6.45) is 6.23. The number of piperidine rings is 1. The highest BCUT2D eigenvalue weighted by molar-refractivity contribution is 5.40. The minimum atomic E-state index is 0.355. The van der Waals surface area contributed by atoms with E-state index in [1.165, 1.54) is 24.1 Å². The summed E-state index contributed by atoms with van der Waals surface area (Å²) in [7, 11) is 0. The van der Waals surface area contributed by atoms with Crippen LogP contribution in [0.25, 0.3) is 0 Å². The highest BCUT2D eigenvalue weighted by Gasteiger charge is 2.30. The molecule has 2 aromatic rings. The Hall–Kier alpha value is -1.98. The Morgan fingerprint density at radius 2 is 1.85 bits per heavy atom. The molecule has 1 aromatic carbocycles. The molecule has 1 aromatic heterocycles. The average molecular weight is 366 g/mol. The summed E-state index contributed by atoms with van der Waals surface area (Å²) in [5.74, 6) is 1.62. The maximum atomic E-state index is 5.94. The van der Waals surface area contributed by atoms with E-state index in [1.807, 2.05) is 0 Å². The molecule has 0 radical (unpaired) electrons. The van der Waals surface area contributed by atoms with Crippen LogP contribution in [0.4, 0.5) is 5.82 Å². The van der Waals surface area contributed by atoms with Gasteiger partial charge < -0.3 is 10.6 Å². The first-order valence-corrected chi connectivity index (χ1v) is 10.3. The Bertz CT molecular complexity index is 720. The quantitative estimate of drug-likeness (QED) is 0.852. The first-order valence-electron chi connectivity index (χ1n) is 10.3. The first kappa shape index (κ1) is 18.4. The van der Waals surface area contributed by atoms with Crippen LogP contribution in [-0.4, -0.2) is 46.6 Å². The molecule has 4 rings (SSSR count). The average Bonchev–Trinajstić information content (AvgIpc) is 2.71. The number of nitrogens with zero attached hydrogens (tertiary/aromatic N) is 4. The minimum absolute atomic E-state index is 0.355. The molecule has 0 bridgehead atoms. The molecule has 1 saturated carbocycles. The fourth-order valence-electron chi connectivity index (χ4n) is 4.44. The number of hydrogen-bond donors (Lipinski definition) is 1. The number of rotatable bonds is 6. The standard InChI is InChI=1S/C22H31N5/c1-2-26(15-17-6-4-3-5-7-17)20-8-10-27(11-9-20)22-14-21(24-16-25-22)18-12-19(23)13-18/h3-7,14,16,18-20H,2,8-13,15,23H2,1H3. The molecule has 2 aliphatic rings. The van der Waals surface area contributed by atoms with Gasteiger partial charge in [0.05, 0.1) is 0 Å². The van der Waals surface area contributed by atoms with Gasteiger partial charge in [0.1, 0.15) is 12.1 Å². The van der Waals surface area contributed by atoms with E-state index in [0.29, 0.717) is 18.0 Å². The molecule has 2 N–H and O–H groups in total. The van der Waals surface area contributed by atoms with Crippen molar-refractivity contribution in [1.29, 1.82) is 0 Å². The van der Waals surface area contributed by atoms with Gasteiger partial charge in [0.25, 0.3) is 0 Å².